The van der Waals surface area contributed by atoms with Crippen LogP contribution in [0.15, 0.2) is 67.1 Å². The van der Waals surface area contributed by atoms with Gasteiger partial charge in [0.25, 0.3) is 0 Å². The van der Waals surface area contributed by atoms with Crippen molar-refractivity contribution in [2.75, 3.05) is 0 Å². The number of halogens is 1. The number of pyridine rings is 1. The zero-order chi connectivity index (χ0) is 20.9. The van der Waals surface area contributed by atoms with Crippen LogP contribution in [0.4, 0.5) is 4.39 Å². The van der Waals surface area contributed by atoms with Gasteiger partial charge in [-0.25, -0.2) is 14.4 Å². The van der Waals surface area contributed by atoms with Crippen molar-refractivity contribution in [2.45, 2.75) is 0 Å². The van der Waals surface area contributed by atoms with E-state index in [4.69, 9.17) is 4.98 Å². The number of aromatic amines is 2. The number of aryl methyl sites for hydroxylation is 1. The Labute approximate surface area is 175 Å². The first-order valence-electron chi connectivity index (χ1n) is 9.74. The third-order valence-corrected chi connectivity index (χ3v) is 5.35. The van der Waals surface area contributed by atoms with Crippen LogP contribution < -0.4 is 0 Å². The zero-order valence-electron chi connectivity index (χ0n) is 16.5. The Balaban J connectivity index is 1.51. The summed E-state index contributed by atoms with van der Waals surface area (Å²) < 4.78 is 15.5. The van der Waals surface area contributed by atoms with E-state index in [2.05, 4.69) is 31.3 Å². The summed E-state index contributed by atoms with van der Waals surface area (Å²) in [5.41, 5.74) is 6.51. The van der Waals surface area contributed by atoms with E-state index in [9.17, 15) is 4.39 Å². The second-order valence-electron chi connectivity index (χ2n) is 7.39. The van der Waals surface area contributed by atoms with Gasteiger partial charge in [0, 0.05) is 36.0 Å². The quantitative estimate of drug-likeness (QED) is 0.443. The predicted molar refractivity (Wildman–Crippen MR) is 117 cm³/mol. The Hall–Kier alpha value is -4.33. The van der Waals surface area contributed by atoms with Crippen LogP contribution in [0.2, 0.25) is 0 Å². The van der Waals surface area contributed by atoms with Gasteiger partial charge in [-0.2, -0.15) is 10.2 Å². The van der Waals surface area contributed by atoms with E-state index in [1.165, 1.54) is 12.1 Å². The predicted octanol–water partition coefficient (Wildman–Crippen LogP) is 4.71. The molecular weight excluding hydrogens is 393 g/mol. The highest BCUT2D eigenvalue weighted by atomic mass is 19.1. The first kappa shape index (κ1) is 17.5. The average molecular weight is 409 g/mol. The molecule has 7 nitrogen and oxygen atoms in total. The lowest BCUT2D eigenvalue weighted by Gasteiger charge is -2.01. The molecule has 0 saturated carbocycles. The Morgan fingerprint density at radius 3 is 2.77 bits per heavy atom. The summed E-state index contributed by atoms with van der Waals surface area (Å²) in [5, 5.41) is 12.8. The summed E-state index contributed by atoms with van der Waals surface area (Å²) in [6, 6.07) is 14.4. The fourth-order valence-electron chi connectivity index (χ4n) is 3.86. The van der Waals surface area contributed by atoms with Gasteiger partial charge in [0.1, 0.15) is 17.0 Å². The molecular formula is C23H16FN7. The molecule has 4 aromatic heterocycles. The maximum absolute atomic E-state index is 13.8. The number of benzene rings is 2. The first-order valence-corrected chi connectivity index (χ1v) is 9.74. The third-order valence-electron chi connectivity index (χ3n) is 5.35. The van der Waals surface area contributed by atoms with Crippen molar-refractivity contribution in [3.8, 4) is 33.8 Å². The third kappa shape index (κ3) is 2.88. The molecule has 31 heavy (non-hydrogen) atoms. The van der Waals surface area contributed by atoms with Crippen LogP contribution >= 0.6 is 0 Å². The summed E-state index contributed by atoms with van der Waals surface area (Å²) >= 11 is 0. The van der Waals surface area contributed by atoms with E-state index >= 15 is 0 Å². The van der Waals surface area contributed by atoms with Crippen LogP contribution in [0.25, 0.3) is 55.8 Å². The number of aromatic nitrogens is 7. The molecule has 2 aromatic carbocycles. The first-order chi connectivity index (χ1) is 15.2. The molecule has 0 atom stereocenters. The Morgan fingerprint density at radius 2 is 1.94 bits per heavy atom. The smallest absolute Gasteiger partial charge is 0.160 e. The molecule has 2 N–H and O–H groups in total. The number of H-pyrrole nitrogens is 2. The minimum atomic E-state index is -0.292. The number of nitrogens with one attached hydrogen (secondary N) is 2. The molecule has 0 saturated heterocycles. The SMILES string of the molecule is Cn1cc(-c2ccc3[nH]nc(-c4nc5c(-c6cccc(F)c6)ccnc5[nH]4)c3c2)cn1. The zero-order valence-corrected chi connectivity index (χ0v) is 16.5. The van der Waals surface area contributed by atoms with E-state index in [-0.39, 0.29) is 5.82 Å². The lowest BCUT2D eigenvalue weighted by molar-refractivity contribution is 0.628. The van der Waals surface area contributed by atoms with Gasteiger partial charge in [-0.15, -0.1) is 0 Å². The second-order valence-corrected chi connectivity index (χ2v) is 7.39. The molecule has 0 radical (unpaired) electrons. The van der Waals surface area contributed by atoms with Crippen LogP contribution in [0, 0.1) is 5.82 Å². The molecule has 0 aliphatic heterocycles. The van der Waals surface area contributed by atoms with Gasteiger partial charge in [-0.05, 0) is 41.5 Å². The van der Waals surface area contributed by atoms with Crippen molar-refractivity contribution in [2.24, 2.45) is 7.05 Å². The van der Waals surface area contributed by atoms with Crippen LogP contribution in [0.1, 0.15) is 0 Å². The molecule has 8 heteroatoms. The molecule has 0 unspecified atom stereocenters. The summed E-state index contributed by atoms with van der Waals surface area (Å²) in [6.07, 6.45) is 5.49. The average Bonchev–Trinajstić information content (AvgIpc) is 3.50. The van der Waals surface area contributed by atoms with Crippen molar-refractivity contribution >= 4 is 22.1 Å². The molecule has 6 aromatic rings. The molecule has 0 amide bonds. The molecule has 4 heterocycles. The number of imidazole rings is 1. The van der Waals surface area contributed by atoms with E-state index < -0.39 is 0 Å². The highest BCUT2D eigenvalue weighted by molar-refractivity contribution is 5.97. The summed E-state index contributed by atoms with van der Waals surface area (Å²) in [5.74, 6) is 0.306. The van der Waals surface area contributed by atoms with Gasteiger partial charge in [0.05, 0.1) is 11.7 Å². The van der Waals surface area contributed by atoms with Crippen LogP contribution in [0.5, 0.6) is 0 Å². The standard InChI is InChI=1S/C23H16FN7/c1-31-12-15(11-26-31)13-5-6-19-18(10-13)21(30-29-19)23-27-20-17(7-8-25-22(20)28-23)14-3-2-4-16(24)9-14/h2-12H,1H3,(H,29,30)(H,25,27,28). The van der Waals surface area contributed by atoms with Gasteiger partial charge >= 0.3 is 0 Å². The number of hydrogen-bond donors (Lipinski definition) is 2. The Bertz CT molecular complexity index is 1570. The number of hydrogen-bond acceptors (Lipinski definition) is 4. The van der Waals surface area contributed by atoms with E-state index in [1.54, 1.807) is 16.9 Å². The van der Waals surface area contributed by atoms with Crippen LogP contribution in [0.3, 0.4) is 0 Å². The minimum absolute atomic E-state index is 0.292. The lowest BCUT2D eigenvalue weighted by Crippen LogP contribution is -1.84. The molecule has 150 valence electrons. The van der Waals surface area contributed by atoms with Gasteiger partial charge < -0.3 is 4.98 Å². The minimum Gasteiger partial charge on any atom is -0.321 e. The summed E-state index contributed by atoms with van der Waals surface area (Å²) in [4.78, 5) is 12.4. The monoisotopic (exact) mass is 409 g/mol. The second kappa shape index (κ2) is 6.60. The number of fused-ring (bicyclic) bond motifs is 2. The van der Waals surface area contributed by atoms with E-state index in [0.29, 0.717) is 22.7 Å². The van der Waals surface area contributed by atoms with Crippen molar-refractivity contribution < 1.29 is 4.39 Å². The Kier molecular flexibility index (Phi) is 3.73. The van der Waals surface area contributed by atoms with E-state index in [1.807, 2.05) is 43.7 Å². The Morgan fingerprint density at radius 1 is 1.00 bits per heavy atom. The van der Waals surface area contributed by atoms with Crippen LogP contribution in [-0.4, -0.2) is 34.9 Å². The van der Waals surface area contributed by atoms with Gasteiger partial charge in [-0.3, -0.25) is 9.78 Å². The largest absolute Gasteiger partial charge is 0.321 e. The van der Waals surface area contributed by atoms with Gasteiger partial charge in [0.15, 0.2) is 11.5 Å². The summed E-state index contributed by atoms with van der Waals surface area (Å²) in [7, 11) is 1.89. The summed E-state index contributed by atoms with van der Waals surface area (Å²) in [6.45, 7) is 0. The molecule has 0 spiro atoms. The fraction of sp³-hybridized carbons (Fsp3) is 0.0435. The van der Waals surface area contributed by atoms with Crippen LogP contribution in [-0.2, 0) is 7.05 Å². The topological polar surface area (TPSA) is 88.1 Å². The molecule has 0 fully saturated rings. The maximum atomic E-state index is 13.8. The maximum Gasteiger partial charge on any atom is 0.160 e. The highest BCUT2D eigenvalue weighted by Gasteiger charge is 2.16. The number of nitrogens with zero attached hydrogens (tertiary/aromatic N) is 5. The van der Waals surface area contributed by atoms with E-state index in [0.717, 1.165) is 33.2 Å². The molecule has 0 aliphatic rings. The lowest BCUT2D eigenvalue weighted by atomic mass is 10.1. The molecule has 0 aliphatic carbocycles. The number of rotatable bonds is 3. The van der Waals surface area contributed by atoms with Crippen molar-refractivity contribution in [1.29, 1.82) is 0 Å². The fourth-order valence-corrected chi connectivity index (χ4v) is 3.86. The molecule has 6 rings (SSSR count). The van der Waals surface area contributed by atoms with Gasteiger partial charge in [0.2, 0.25) is 0 Å². The normalized spacial score (nSPS) is 11.5. The highest BCUT2D eigenvalue weighted by Crippen LogP contribution is 2.32. The van der Waals surface area contributed by atoms with Crippen molar-refractivity contribution in [3.05, 3.63) is 72.9 Å². The van der Waals surface area contributed by atoms with Crippen molar-refractivity contribution in [3.63, 3.8) is 0 Å². The van der Waals surface area contributed by atoms with Gasteiger partial charge in [-0.1, -0.05) is 18.2 Å². The molecule has 0 bridgehead atoms. The van der Waals surface area contributed by atoms with Crippen molar-refractivity contribution in [1.82, 2.24) is 34.9 Å².